The molecule has 0 radical (unpaired) electrons. The lowest BCUT2D eigenvalue weighted by Gasteiger charge is -2.07. The summed E-state index contributed by atoms with van der Waals surface area (Å²) in [7, 11) is 1.61. The van der Waals surface area contributed by atoms with E-state index < -0.39 is 5.97 Å². The molecule has 0 bridgehead atoms. The highest BCUT2D eigenvalue weighted by molar-refractivity contribution is 5.84. The van der Waals surface area contributed by atoms with Gasteiger partial charge in [-0.1, -0.05) is 0 Å². The van der Waals surface area contributed by atoms with Crippen LogP contribution < -0.4 is 9.47 Å². The smallest absolute Gasteiger partial charge is 0.356 e. The molecule has 0 aliphatic rings. The molecule has 0 aliphatic heterocycles. The van der Waals surface area contributed by atoms with Crippen LogP contribution in [0.15, 0.2) is 36.8 Å². The number of ether oxygens (including phenoxy) is 2. The summed E-state index contributed by atoms with van der Waals surface area (Å²) >= 11 is 0. The molecule has 19 heavy (non-hydrogen) atoms. The number of carboxylic acids is 1. The molecule has 0 spiro atoms. The Morgan fingerprint density at radius 1 is 1.32 bits per heavy atom. The van der Waals surface area contributed by atoms with Gasteiger partial charge in [-0.3, -0.25) is 0 Å². The fourth-order valence-electron chi connectivity index (χ4n) is 1.53. The Balaban J connectivity index is 1.83. The molecular formula is C13H14N2O4. The van der Waals surface area contributed by atoms with E-state index in [2.05, 4.69) is 4.98 Å². The predicted molar refractivity (Wildman–Crippen MR) is 67.7 cm³/mol. The summed E-state index contributed by atoms with van der Waals surface area (Å²) in [5, 5.41) is 8.73. The number of carbonyl (C=O) groups is 1. The van der Waals surface area contributed by atoms with Gasteiger partial charge in [-0.2, -0.15) is 0 Å². The average molecular weight is 262 g/mol. The summed E-state index contributed by atoms with van der Waals surface area (Å²) in [4.78, 5) is 14.4. The Hall–Kier alpha value is -2.50. The third kappa shape index (κ3) is 3.48. The van der Waals surface area contributed by atoms with Gasteiger partial charge >= 0.3 is 5.97 Å². The second-order valence-electron chi connectivity index (χ2n) is 3.83. The van der Waals surface area contributed by atoms with E-state index in [0.717, 1.165) is 11.5 Å². The van der Waals surface area contributed by atoms with E-state index in [0.29, 0.717) is 13.2 Å². The molecular weight excluding hydrogens is 248 g/mol. The zero-order valence-electron chi connectivity index (χ0n) is 10.4. The van der Waals surface area contributed by atoms with E-state index in [1.807, 2.05) is 24.3 Å². The molecule has 0 unspecified atom stereocenters. The fraction of sp³-hybridized carbons (Fsp3) is 0.231. The van der Waals surface area contributed by atoms with Crippen LogP contribution in [0.4, 0.5) is 0 Å². The topological polar surface area (TPSA) is 73.6 Å². The molecule has 6 heteroatoms. The third-order valence-electron chi connectivity index (χ3n) is 2.53. The second-order valence-corrected chi connectivity index (χ2v) is 3.83. The van der Waals surface area contributed by atoms with Crippen molar-refractivity contribution in [2.75, 3.05) is 13.7 Å². The number of aromatic nitrogens is 2. The Morgan fingerprint density at radius 2 is 2.00 bits per heavy atom. The van der Waals surface area contributed by atoms with Crippen molar-refractivity contribution in [3.8, 4) is 11.5 Å². The van der Waals surface area contributed by atoms with E-state index >= 15 is 0 Å². The summed E-state index contributed by atoms with van der Waals surface area (Å²) < 4.78 is 12.2. The number of imidazole rings is 1. The summed E-state index contributed by atoms with van der Waals surface area (Å²) in [5.41, 5.74) is 0.0319. The molecule has 1 heterocycles. The van der Waals surface area contributed by atoms with Crippen molar-refractivity contribution < 1.29 is 19.4 Å². The molecule has 1 aromatic carbocycles. The van der Waals surface area contributed by atoms with Gasteiger partial charge in [-0.15, -0.1) is 0 Å². The zero-order valence-corrected chi connectivity index (χ0v) is 10.4. The molecule has 0 atom stereocenters. The number of nitrogens with zero attached hydrogens (tertiary/aromatic N) is 2. The molecule has 2 rings (SSSR count). The Bertz CT molecular complexity index is 548. The molecule has 0 fully saturated rings. The van der Waals surface area contributed by atoms with Gasteiger partial charge in [0, 0.05) is 6.20 Å². The predicted octanol–water partition coefficient (Wildman–Crippen LogP) is 1.67. The largest absolute Gasteiger partial charge is 0.497 e. The van der Waals surface area contributed by atoms with E-state index in [1.54, 1.807) is 11.7 Å². The van der Waals surface area contributed by atoms with Crippen molar-refractivity contribution in [2.45, 2.75) is 6.54 Å². The third-order valence-corrected chi connectivity index (χ3v) is 2.53. The van der Waals surface area contributed by atoms with Gasteiger partial charge in [0.25, 0.3) is 0 Å². The number of hydrogen-bond acceptors (Lipinski definition) is 4. The van der Waals surface area contributed by atoms with Gasteiger partial charge in [0.2, 0.25) is 0 Å². The van der Waals surface area contributed by atoms with Crippen LogP contribution >= 0.6 is 0 Å². The summed E-state index contributed by atoms with van der Waals surface area (Å²) in [5.74, 6) is 0.474. The van der Waals surface area contributed by atoms with E-state index in [1.165, 1.54) is 12.5 Å². The minimum Gasteiger partial charge on any atom is -0.497 e. The number of benzene rings is 1. The molecule has 0 amide bonds. The highest BCUT2D eigenvalue weighted by Gasteiger charge is 2.06. The lowest BCUT2D eigenvalue weighted by atomic mass is 10.3. The summed E-state index contributed by atoms with van der Waals surface area (Å²) in [6.07, 6.45) is 2.94. The van der Waals surface area contributed by atoms with Crippen LogP contribution in [0.5, 0.6) is 11.5 Å². The van der Waals surface area contributed by atoms with Gasteiger partial charge in [0.05, 0.1) is 20.0 Å². The van der Waals surface area contributed by atoms with Crippen molar-refractivity contribution in [3.05, 3.63) is 42.5 Å². The number of rotatable bonds is 6. The van der Waals surface area contributed by atoms with Gasteiger partial charge in [0.15, 0.2) is 5.69 Å². The van der Waals surface area contributed by atoms with Crippen molar-refractivity contribution in [1.29, 1.82) is 0 Å². The van der Waals surface area contributed by atoms with Crippen molar-refractivity contribution >= 4 is 5.97 Å². The van der Waals surface area contributed by atoms with Crippen LogP contribution in [0.1, 0.15) is 10.5 Å². The molecule has 1 N–H and O–H groups in total. The second kappa shape index (κ2) is 5.90. The standard InChI is InChI=1S/C13H14N2O4/c1-18-10-2-4-11(5-3-10)19-7-6-15-8-12(13(16)17)14-9-15/h2-5,8-9H,6-7H2,1H3,(H,16,17). The first-order chi connectivity index (χ1) is 9.19. The minimum atomic E-state index is -1.03. The van der Waals surface area contributed by atoms with Crippen LogP contribution in [0.3, 0.4) is 0 Å². The first kappa shape index (κ1) is 12.9. The number of aromatic carboxylic acids is 1. The molecule has 0 saturated carbocycles. The Morgan fingerprint density at radius 3 is 2.58 bits per heavy atom. The molecule has 100 valence electrons. The fourth-order valence-corrected chi connectivity index (χ4v) is 1.53. The normalized spacial score (nSPS) is 10.2. The number of carboxylic acid groups (broad SMARTS) is 1. The zero-order chi connectivity index (χ0) is 13.7. The van der Waals surface area contributed by atoms with Crippen LogP contribution in [0, 0.1) is 0 Å². The highest BCUT2D eigenvalue weighted by Crippen LogP contribution is 2.16. The molecule has 1 aromatic heterocycles. The molecule has 0 saturated heterocycles. The molecule has 6 nitrogen and oxygen atoms in total. The van der Waals surface area contributed by atoms with Gasteiger partial charge in [0.1, 0.15) is 18.1 Å². The number of hydrogen-bond donors (Lipinski definition) is 1. The average Bonchev–Trinajstić information content (AvgIpc) is 2.89. The molecule has 2 aromatic rings. The van der Waals surface area contributed by atoms with Crippen LogP contribution in [0.25, 0.3) is 0 Å². The monoisotopic (exact) mass is 262 g/mol. The maximum Gasteiger partial charge on any atom is 0.356 e. The lowest BCUT2D eigenvalue weighted by Crippen LogP contribution is -2.06. The minimum absolute atomic E-state index is 0.0319. The first-order valence-electron chi connectivity index (χ1n) is 5.71. The quantitative estimate of drug-likeness (QED) is 0.857. The maximum absolute atomic E-state index is 10.7. The van der Waals surface area contributed by atoms with Crippen molar-refractivity contribution in [1.82, 2.24) is 9.55 Å². The van der Waals surface area contributed by atoms with Crippen LogP contribution in [0.2, 0.25) is 0 Å². The Kier molecular flexibility index (Phi) is 4.02. The van der Waals surface area contributed by atoms with Crippen LogP contribution in [-0.4, -0.2) is 34.3 Å². The lowest BCUT2D eigenvalue weighted by molar-refractivity contribution is 0.0691. The van der Waals surface area contributed by atoms with Gasteiger partial charge < -0.3 is 19.1 Å². The first-order valence-corrected chi connectivity index (χ1v) is 5.71. The van der Waals surface area contributed by atoms with Crippen LogP contribution in [-0.2, 0) is 6.54 Å². The van der Waals surface area contributed by atoms with E-state index in [-0.39, 0.29) is 5.69 Å². The SMILES string of the molecule is COc1ccc(OCCn2cnc(C(=O)O)c2)cc1. The highest BCUT2D eigenvalue weighted by atomic mass is 16.5. The van der Waals surface area contributed by atoms with E-state index in [4.69, 9.17) is 14.6 Å². The summed E-state index contributed by atoms with van der Waals surface area (Å²) in [6, 6.07) is 7.26. The number of methoxy groups -OCH3 is 1. The Labute approximate surface area is 110 Å². The maximum atomic E-state index is 10.7. The molecule has 0 aliphatic carbocycles. The van der Waals surface area contributed by atoms with Gasteiger partial charge in [-0.05, 0) is 24.3 Å². The van der Waals surface area contributed by atoms with Gasteiger partial charge in [-0.25, -0.2) is 9.78 Å². The van der Waals surface area contributed by atoms with E-state index in [9.17, 15) is 4.79 Å². The summed E-state index contributed by atoms with van der Waals surface area (Å²) in [6.45, 7) is 0.966. The van der Waals surface area contributed by atoms with Crippen molar-refractivity contribution in [3.63, 3.8) is 0 Å². The van der Waals surface area contributed by atoms with Crippen molar-refractivity contribution in [2.24, 2.45) is 0 Å².